The van der Waals surface area contributed by atoms with Gasteiger partial charge in [-0.05, 0) is 44.7 Å². The van der Waals surface area contributed by atoms with Gasteiger partial charge in [-0.15, -0.1) is 0 Å². The third kappa shape index (κ3) is 2.95. The second kappa shape index (κ2) is 4.79. The Hall–Kier alpha value is -1.55. The lowest BCUT2D eigenvalue weighted by Gasteiger charge is -2.11. The Bertz CT molecular complexity index is 364. The summed E-state index contributed by atoms with van der Waals surface area (Å²) < 4.78 is 0. The molecule has 0 fully saturated rings. The first-order chi connectivity index (χ1) is 7.04. The van der Waals surface area contributed by atoms with Gasteiger partial charge in [0.1, 0.15) is 5.75 Å². The van der Waals surface area contributed by atoms with Crippen molar-refractivity contribution in [3.8, 4) is 5.75 Å². The Kier molecular flexibility index (Phi) is 3.68. The molecule has 0 spiro atoms. The van der Waals surface area contributed by atoms with Crippen molar-refractivity contribution in [3.05, 3.63) is 23.8 Å². The molecule has 0 aromatic heterocycles. The zero-order valence-electron chi connectivity index (χ0n) is 9.16. The molecule has 0 radical (unpaired) electrons. The van der Waals surface area contributed by atoms with Gasteiger partial charge in [-0.2, -0.15) is 0 Å². The molecule has 82 valence electrons. The minimum atomic E-state index is -0.237. The van der Waals surface area contributed by atoms with Gasteiger partial charge in [0.05, 0.1) is 6.04 Å². The fourth-order valence-electron chi connectivity index (χ4n) is 1.11. The van der Waals surface area contributed by atoms with Crippen molar-refractivity contribution in [2.45, 2.75) is 19.9 Å². The normalized spacial score (nSPS) is 12.2. The van der Waals surface area contributed by atoms with E-state index in [1.54, 1.807) is 39.1 Å². The highest BCUT2D eigenvalue weighted by molar-refractivity contribution is 5.94. The number of anilines is 1. The summed E-state index contributed by atoms with van der Waals surface area (Å²) in [5, 5.41) is 14.9. The summed E-state index contributed by atoms with van der Waals surface area (Å²) in [4.78, 5) is 11.5. The van der Waals surface area contributed by atoms with Crippen LogP contribution in [0.1, 0.15) is 12.5 Å². The lowest BCUT2D eigenvalue weighted by molar-refractivity contribution is -0.117. The lowest BCUT2D eigenvalue weighted by atomic mass is 10.2. The highest BCUT2D eigenvalue weighted by Crippen LogP contribution is 2.20. The third-order valence-electron chi connectivity index (χ3n) is 2.29. The van der Waals surface area contributed by atoms with E-state index in [1.807, 2.05) is 0 Å². The second-order valence-corrected chi connectivity index (χ2v) is 3.50. The summed E-state index contributed by atoms with van der Waals surface area (Å²) in [6, 6.07) is 4.73. The summed E-state index contributed by atoms with van der Waals surface area (Å²) in [6.07, 6.45) is 0. The fourth-order valence-corrected chi connectivity index (χ4v) is 1.11. The molecule has 0 aliphatic heterocycles. The third-order valence-corrected chi connectivity index (χ3v) is 2.29. The van der Waals surface area contributed by atoms with Crippen molar-refractivity contribution in [1.82, 2.24) is 5.32 Å². The molecule has 0 saturated carbocycles. The molecule has 0 aliphatic rings. The highest BCUT2D eigenvalue weighted by atomic mass is 16.3. The van der Waals surface area contributed by atoms with E-state index in [9.17, 15) is 9.90 Å². The van der Waals surface area contributed by atoms with E-state index < -0.39 is 0 Å². The largest absolute Gasteiger partial charge is 0.508 e. The van der Waals surface area contributed by atoms with Crippen LogP contribution < -0.4 is 10.6 Å². The van der Waals surface area contributed by atoms with Gasteiger partial charge in [0, 0.05) is 5.69 Å². The molecular weight excluding hydrogens is 192 g/mol. The van der Waals surface area contributed by atoms with Crippen LogP contribution in [0, 0.1) is 6.92 Å². The van der Waals surface area contributed by atoms with Crippen LogP contribution in [0.5, 0.6) is 5.75 Å². The Morgan fingerprint density at radius 1 is 1.47 bits per heavy atom. The van der Waals surface area contributed by atoms with Crippen LogP contribution in [0.25, 0.3) is 0 Å². The standard InChI is InChI=1S/C11H16N2O2/c1-7-6-9(4-5-10(7)14)13-11(15)8(2)12-3/h4-6,8,12,14H,1-3H3,(H,13,15). The monoisotopic (exact) mass is 208 g/mol. The van der Waals surface area contributed by atoms with Crippen LogP contribution >= 0.6 is 0 Å². The van der Waals surface area contributed by atoms with E-state index in [0.29, 0.717) is 5.69 Å². The number of carbonyl (C=O) groups is 1. The van der Waals surface area contributed by atoms with Crippen LogP contribution in [0.15, 0.2) is 18.2 Å². The molecule has 1 rings (SSSR count). The van der Waals surface area contributed by atoms with Crippen molar-refractivity contribution in [2.24, 2.45) is 0 Å². The van der Waals surface area contributed by atoms with E-state index in [1.165, 1.54) is 0 Å². The number of rotatable bonds is 3. The Labute approximate surface area is 89.3 Å². The van der Waals surface area contributed by atoms with Gasteiger partial charge in [0.2, 0.25) is 5.91 Å². The zero-order valence-corrected chi connectivity index (χ0v) is 9.16. The van der Waals surface area contributed by atoms with E-state index in [-0.39, 0.29) is 17.7 Å². The van der Waals surface area contributed by atoms with Gasteiger partial charge in [0.15, 0.2) is 0 Å². The zero-order chi connectivity index (χ0) is 11.4. The van der Waals surface area contributed by atoms with Crippen LogP contribution in [0.3, 0.4) is 0 Å². The molecule has 0 aliphatic carbocycles. The van der Waals surface area contributed by atoms with Gasteiger partial charge < -0.3 is 15.7 Å². The molecule has 1 aromatic carbocycles. The summed E-state index contributed by atoms with van der Waals surface area (Å²) in [6.45, 7) is 3.56. The van der Waals surface area contributed by atoms with Crippen molar-refractivity contribution in [1.29, 1.82) is 0 Å². The maximum atomic E-state index is 11.5. The number of phenolic OH excluding ortho intramolecular Hbond substituents is 1. The number of phenols is 1. The number of aromatic hydroxyl groups is 1. The highest BCUT2D eigenvalue weighted by Gasteiger charge is 2.10. The number of aryl methyl sites for hydroxylation is 1. The summed E-state index contributed by atoms with van der Waals surface area (Å²) >= 11 is 0. The predicted octanol–water partition coefficient (Wildman–Crippen LogP) is 1.25. The number of hydrogen-bond acceptors (Lipinski definition) is 3. The molecule has 1 amide bonds. The van der Waals surface area contributed by atoms with E-state index in [0.717, 1.165) is 5.56 Å². The molecule has 15 heavy (non-hydrogen) atoms. The lowest BCUT2D eigenvalue weighted by Crippen LogP contribution is -2.35. The average Bonchev–Trinajstić information content (AvgIpc) is 2.22. The first-order valence-electron chi connectivity index (χ1n) is 4.82. The predicted molar refractivity (Wildman–Crippen MR) is 60.0 cm³/mol. The summed E-state index contributed by atoms with van der Waals surface area (Å²) in [5.41, 5.74) is 1.43. The van der Waals surface area contributed by atoms with Crippen molar-refractivity contribution < 1.29 is 9.90 Å². The molecule has 1 unspecified atom stereocenters. The summed E-state index contributed by atoms with van der Waals surface area (Å²) in [7, 11) is 1.73. The van der Waals surface area contributed by atoms with Gasteiger partial charge in [-0.3, -0.25) is 4.79 Å². The van der Waals surface area contributed by atoms with Crippen LogP contribution in [-0.2, 0) is 4.79 Å². The first-order valence-corrected chi connectivity index (χ1v) is 4.82. The minimum Gasteiger partial charge on any atom is -0.508 e. The molecular formula is C11H16N2O2. The molecule has 4 nitrogen and oxygen atoms in total. The van der Waals surface area contributed by atoms with E-state index in [2.05, 4.69) is 10.6 Å². The fraction of sp³-hybridized carbons (Fsp3) is 0.364. The summed E-state index contributed by atoms with van der Waals surface area (Å²) in [5.74, 6) is 0.136. The number of nitrogens with one attached hydrogen (secondary N) is 2. The maximum Gasteiger partial charge on any atom is 0.241 e. The molecule has 0 heterocycles. The maximum absolute atomic E-state index is 11.5. The SMILES string of the molecule is CNC(C)C(=O)Nc1ccc(O)c(C)c1. The number of benzene rings is 1. The van der Waals surface area contributed by atoms with Gasteiger partial charge in [0.25, 0.3) is 0 Å². The Morgan fingerprint density at radius 2 is 2.13 bits per heavy atom. The van der Waals surface area contributed by atoms with Crippen molar-refractivity contribution in [2.75, 3.05) is 12.4 Å². The topological polar surface area (TPSA) is 61.4 Å². The van der Waals surface area contributed by atoms with E-state index >= 15 is 0 Å². The molecule has 4 heteroatoms. The van der Waals surface area contributed by atoms with Crippen molar-refractivity contribution in [3.63, 3.8) is 0 Å². The molecule has 3 N–H and O–H groups in total. The number of hydrogen-bond donors (Lipinski definition) is 3. The Balaban J connectivity index is 2.73. The number of likely N-dealkylation sites (N-methyl/N-ethyl adjacent to an activating group) is 1. The minimum absolute atomic E-state index is 0.0948. The smallest absolute Gasteiger partial charge is 0.241 e. The molecule has 1 atom stereocenters. The van der Waals surface area contributed by atoms with Crippen molar-refractivity contribution >= 4 is 11.6 Å². The van der Waals surface area contributed by atoms with Crippen LogP contribution in [0.4, 0.5) is 5.69 Å². The molecule has 1 aromatic rings. The Morgan fingerprint density at radius 3 is 2.67 bits per heavy atom. The second-order valence-electron chi connectivity index (χ2n) is 3.50. The van der Waals surface area contributed by atoms with Crippen LogP contribution in [-0.4, -0.2) is 24.1 Å². The molecule has 0 saturated heterocycles. The van der Waals surface area contributed by atoms with Crippen LogP contribution in [0.2, 0.25) is 0 Å². The van der Waals surface area contributed by atoms with Gasteiger partial charge in [-0.1, -0.05) is 0 Å². The van der Waals surface area contributed by atoms with Gasteiger partial charge >= 0.3 is 0 Å². The quantitative estimate of drug-likeness (QED) is 0.655. The number of carbonyl (C=O) groups excluding carboxylic acids is 1. The average molecular weight is 208 g/mol. The van der Waals surface area contributed by atoms with Gasteiger partial charge in [-0.25, -0.2) is 0 Å². The number of amides is 1. The van der Waals surface area contributed by atoms with E-state index in [4.69, 9.17) is 0 Å². The molecule has 0 bridgehead atoms. The first kappa shape index (κ1) is 11.5.